The molecule has 3 saturated carbocycles. The van der Waals surface area contributed by atoms with Crippen LogP contribution in [0.25, 0.3) is 44.3 Å². The zero-order valence-corrected chi connectivity index (χ0v) is 37.7. The molecule has 3 fully saturated rings. The summed E-state index contributed by atoms with van der Waals surface area (Å²) in [6.45, 7) is 2.05. The van der Waals surface area contributed by atoms with Gasteiger partial charge in [-0.25, -0.2) is 26.3 Å². The SMILES string of the molecule is CS(=O)(=O)NC(=O)c1ccc2c(C3CCCCC3)c3n(c2c1)CC(C1CCCC(c2c4n(c5cc(C(=O)NS(=O)(=O)C6CC6)ccc25)CCNc2ccccc2-4)C1)Nc1ccccc1-3. The Morgan fingerprint density at radius 3 is 1.92 bits per heavy atom. The Kier molecular flexibility index (Phi) is 10.2. The normalized spacial score (nSPS) is 21.3. The van der Waals surface area contributed by atoms with E-state index >= 15 is 0 Å². The van der Waals surface area contributed by atoms with Crippen LogP contribution in [0.4, 0.5) is 11.4 Å². The highest BCUT2D eigenvalue weighted by molar-refractivity contribution is 7.91. The molecule has 3 atom stereocenters. The number of amides is 2. The van der Waals surface area contributed by atoms with Crippen LogP contribution in [0.15, 0.2) is 84.9 Å². The fraction of sp³-hybridized carbons (Fsp3) is 0.400. The van der Waals surface area contributed by atoms with Crippen molar-refractivity contribution in [2.75, 3.05) is 23.4 Å². The molecule has 3 unspecified atom stereocenters. The van der Waals surface area contributed by atoms with E-state index in [9.17, 15) is 26.4 Å². The van der Waals surface area contributed by atoms with Crippen molar-refractivity contribution in [2.45, 2.75) is 107 Å². The molecular weight excluding hydrogens is 845 g/mol. The number of nitrogens with zero attached hydrogens (tertiary/aromatic N) is 2. The monoisotopic (exact) mass is 898 g/mol. The average Bonchev–Trinajstić information content (AvgIpc) is 4.10. The third-order valence-corrected chi connectivity index (χ3v) is 17.0. The number of nitrogens with one attached hydrogen (secondary N) is 4. The standard InChI is InChI=1S/C50H54N6O6S2/c1-63(59,60)53-49(57)33-18-23-39-44(28-33)56-29-42(52-41-17-8-6-15-37(41)48(56)45(39)30-10-3-2-4-11-30)31-12-9-13-32(26-31)46-38-22-19-34(50(58)54-64(61,62)35-20-21-35)27-43(38)55-25-24-51-40-16-7-5-14-36(40)47(46)55/h5-8,14-19,22-23,27-28,30-32,35,42,51-52H,2-4,9-13,20-21,24-26,29H2,1H3,(H,53,57)(H,54,58). The molecule has 2 aliphatic heterocycles. The number of fused-ring (bicyclic) bond motifs is 10. The Morgan fingerprint density at radius 1 is 0.641 bits per heavy atom. The number of hydrogen-bond acceptors (Lipinski definition) is 8. The summed E-state index contributed by atoms with van der Waals surface area (Å²) in [6, 6.07) is 28.5. The maximum Gasteiger partial charge on any atom is 0.264 e. The fourth-order valence-electron chi connectivity index (χ4n) is 11.7. The van der Waals surface area contributed by atoms with Gasteiger partial charge < -0.3 is 19.8 Å². The summed E-state index contributed by atoms with van der Waals surface area (Å²) in [6.07, 6.45) is 11.9. The lowest BCUT2D eigenvalue weighted by molar-refractivity contribution is 0.0972. The molecule has 14 heteroatoms. The third-order valence-electron chi connectivity index (χ3n) is 14.6. The van der Waals surface area contributed by atoms with Crippen molar-refractivity contribution in [3.8, 4) is 22.5 Å². The molecule has 6 aromatic rings. The lowest BCUT2D eigenvalue weighted by atomic mass is 9.73. The molecule has 2 aromatic heterocycles. The highest BCUT2D eigenvalue weighted by atomic mass is 32.2. The van der Waals surface area contributed by atoms with E-state index in [4.69, 9.17) is 0 Å². The van der Waals surface area contributed by atoms with Crippen LogP contribution in [0.5, 0.6) is 0 Å². The van der Waals surface area contributed by atoms with Crippen LogP contribution >= 0.6 is 0 Å². The topological polar surface area (TPSA) is 160 Å². The van der Waals surface area contributed by atoms with Gasteiger partial charge >= 0.3 is 0 Å². The van der Waals surface area contributed by atoms with Gasteiger partial charge in [-0.05, 0) is 110 Å². The molecule has 5 aliphatic rings. The predicted octanol–water partition coefficient (Wildman–Crippen LogP) is 9.08. The first-order valence-corrected chi connectivity index (χ1v) is 26.4. The van der Waals surface area contributed by atoms with Crippen molar-refractivity contribution < 1.29 is 26.4 Å². The largest absolute Gasteiger partial charge is 0.383 e. The molecule has 0 bridgehead atoms. The average molecular weight is 899 g/mol. The Morgan fingerprint density at radius 2 is 1.23 bits per heavy atom. The lowest BCUT2D eigenvalue weighted by Gasteiger charge is -2.36. The Labute approximate surface area is 374 Å². The van der Waals surface area contributed by atoms with E-state index in [2.05, 4.69) is 77.7 Å². The first-order valence-electron chi connectivity index (χ1n) is 23.0. The zero-order valence-electron chi connectivity index (χ0n) is 36.0. The lowest BCUT2D eigenvalue weighted by Crippen LogP contribution is -2.35. The van der Waals surface area contributed by atoms with Gasteiger partial charge in [-0.3, -0.25) is 9.59 Å². The van der Waals surface area contributed by atoms with E-state index in [1.54, 1.807) is 12.1 Å². The van der Waals surface area contributed by atoms with Gasteiger partial charge in [0.15, 0.2) is 0 Å². The van der Waals surface area contributed by atoms with E-state index < -0.39 is 37.1 Å². The second-order valence-electron chi connectivity index (χ2n) is 18.9. The highest BCUT2D eigenvalue weighted by Gasteiger charge is 2.39. The number of carbonyl (C=O) groups excluding carboxylic acids is 2. The summed E-state index contributed by atoms with van der Waals surface area (Å²) in [7, 11) is -7.47. The fourth-order valence-corrected chi connectivity index (χ4v) is 13.4. The molecule has 3 aliphatic carbocycles. The molecule has 0 radical (unpaired) electrons. The van der Waals surface area contributed by atoms with Gasteiger partial charge in [0, 0.05) is 81.1 Å². The number of aromatic nitrogens is 2. The molecule has 64 heavy (non-hydrogen) atoms. The molecule has 11 rings (SSSR count). The number of carbonyl (C=O) groups is 2. The maximum absolute atomic E-state index is 13.5. The van der Waals surface area contributed by atoms with E-state index in [1.807, 2.05) is 24.3 Å². The van der Waals surface area contributed by atoms with Gasteiger partial charge in [0.2, 0.25) is 20.0 Å². The zero-order chi connectivity index (χ0) is 43.9. The Hall–Kier alpha value is -5.60. The maximum atomic E-state index is 13.5. The molecule has 12 nitrogen and oxygen atoms in total. The summed E-state index contributed by atoms with van der Waals surface area (Å²) in [5, 5.41) is 9.44. The summed E-state index contributed by atoms with van der Waals surface area (Å²) >= 11 is 0. The second-order valence-corrected chi connectivity index (χ2v) is 22.6. The predicted molar refractivity (Wildman–Crippen MR) is 253 cm³/mol. The van der Waals surface area contributed by atoms with Gasteiger partial charge in [-0.2, -0.15) is 0 Å². The first-order chi connectivity index (χ1) is 30.9. The summed E-state index contributed by atoms with van der Waals surface area (Å²) in [5.74, 6) is -0.389. The second kappa shape index (κ2) is 15.8. The van der Waals surface area contributed by atoms with E-state index in [0.29, 0.717) is 49.5 Å². The Bertz CT molecular complexity index is 3110. The van der Waals surface area contributed by atoms with Crippen molar-refractivity contribution in [2.24, 2.45) is 5.92 Å². The van der Waals surface area contributed by atoms with Crippen LogP contribution < -0.4 is 20.1 Å². The molecular formula is C50H54N6O6S2. The van der Waals surface area contributed by atoms with Gasteiger partial charge in [-0.1, -0.05) is 74.2 Å². The number of anilines is 2. The van der Waals surface area contributed by atoms with Crippen molar-refractivity contribution >= 4 is 65.0 Å². The minimum absolute atomic E-state index is 0.0404. The smallest absolute Gasteiger partial charge is 0.264 e. The molecule has 4 aromatic carbocycles. The van der Waals surface area contributed by atoms with E-state index in [1.165, 1.54) is 36.1 Å². The Balaban J connectivity index is 1.01. The number of rotatable bonds is 8. The summed E-state index contributed by atoms with van der Waals surface area (Å²) in [5.41, 5.74) is 11.9. The van der Waals surface area contributed by atoms with Crippen molar-refractivity contribution in [3.63, 3.8) is 0 Å². The molecule has 4 N–H and O–H groups in total. The minimum atomic E-state index is -3.76. The van der Waals surface area contributed by atoms with Crippen molar-refractivity contribution in [1.82, 2.24) is 18.6 Å². The van der Waals surface area contributed by atoms with E-state index in [0.717, 1.165) is 94.8 Å². The molecule has 0 spiro atoms. The quantitative estimate of drug-likeness (QED) is 0.118. The van der Waals surface area contributed by atoms with Gasteiger partial charge in [0.05, 0.1) is 22.9 Å². The van der Waals surface area contributed by atoms with Gasteiger partial charge in [-0.15, -0.1) is 0 Å². The van der Waals surface area contributed by atoms with Crippen molar-refractivity contribution in [3.05, 3.63) is 107 Å². The minimum Gasteiger partial charge on any atom is -0.383 e. The van der Waals surface area contributed by atoms with Crippen LogP contribution in [0, 0.1) is 5.92 Å². The van der Waals surface area contributed by atoms with Crippen LogP contribution in [0.3, 0.4) is 0 Å². The summed E-state index contributed by atoms with van der Waals surface area (Å²) < 4.78 is 59.3. The van der Waals surface area contributed by atoms with Crippen molar-refractivity contribution in [1.29, 1.82) is 0 Å². The first kappa shape index (κ1) is 41.1. The molecule has 332 valence electrons. The van der Waals surface area contributed by atoms with Crippen LogP contribution in [0.2, 0.25) is 0 Å². The van der Waals surface area contributed by atoms with E-state index in [-0.39, 0.29) is 17.9 Å². The third kappa shape index (κ3) is 7.36. The highest BCUT2D eigenvalue weighted by Crippen LogP contribution is 2.51. The number of hydrogen-bond donors (Lipinski definition) is 4. The number of para-hydroxylation sites is 2. The van der Waals surface area contributed by atoms with Crippen LogP contribution in [0.1, 0.15) is 114 Å². The number of sulfonamides is 2. The van der Waals surface area contributed by atoms with Gasteiger partial charge in [0.1, 0.15) is 0 Å². The molecule has 4 heterocycles. The van der Waals surface area contributed by atoms with Crippen LogP contribution in [-0.4, -0.2) is 61.9 Å². The summed E-state index contributed by atoms with van der Waals surface area (Å²) in [4.78, 5) is 26.9. The molecule has 0 saturated heterocycles. The van der Waals surface area contributed by atoms with Crippen LogP contribution in [-0.2, 0) is 33.1 Å². The number of benzene rings is 4. The molecule has 2 amide bonds. The van der Waals surface area contributed by atoms with Gasteiger partial charge in [0.25, 0.3) is 11.8 Å².